The predicted octanol–water partition coefficient (Wildman–Crippen LogP) is 0.177. The maximum atomic E-state index is 10.2. The summed E-state index contributed by atoms with van der Waals surface area (Å²) in [7, 11) is 4.00. The molecule has 0 aromatic carbocycles. The van der Waals surface area contributed by atoms with E-state index in [1.165, 1.54) is 21.3 Å². The van der Waals surface area contributed by atoms with Crippen molar-refractivity contribution in [2.45, 2.75) is 0 Å². The van der Waals surface area contributed by atoms with Crippen LogP contribution in [-0.4, -0.2) is 65.2 Å². The summed E-state index contributed by atoms with van der Waals surface area (Å²) >= 11 is 0. The van der Waals surface area contributed by atoms with Crippen LogP contribution in [0.2, 0.25) is 0 Å². The molecule has 102 valence electrons. The van der Waals surface area contributed by atoms with Gasteiger partial charge in [-0.15, -0.1) is 0 Å². The molecule has 0 aromatic rings. The number of aliphatic hydroxyl groups excluding tert-OH is 1. The van der Waals surface area contributed by atoms with Gasteiger partial charge in [0.25, 0.3) is 0 Å². The van der Waals surface area contributed by atoms with Crippen LogP contribution in [0.5, 0.6) is 0 Å². The van der Waals surface area contributed by atoms with Crippen molar-refractivity contribution in [3.8, 4) is 0 Å². The van der Waals surface area contributed by atoms with E-state index in [9.17, 15) is 9.59 Å². The van der Waals surface area contributed by atoms with Crippen molar-refractivity contribution < 1.29 is 38.4 Å². The van der Waals surface area contributed by atoms with E-state index in [1.807, 2.05) is 0 Å². The predicted molar refractivity (Wildman–Crippen MR) is 55.7 cm³/mol. The van der Waals surface area contributed by atoms with Crippen molar-refractivity contribution in [3.63, 3.8) is 0 Å². The van der Waals surface area contributed by atoms with Gasteiger partial charge in [0.15, 0.2) is 0 Å². The minimum Gasteiger partial charge on any atom is -0.438 e. The zero-order valence-electron chi connectivity index (χ0n) is 10.1. The molecule has 1 N–H and O–H groups in total. The number of methoxy groups -OCH3 is 3. The zero-order chi connectivity index (χ0) is 13.5. The molecule has 0 aromatic heterocycles. The van der Waals surface area contributed by atoms with Gasteiger partial charge in [-0.3, -0.25) is 0 Å². The lowest BCUT2D eigenvalue weighted by Crippen LogP contribution is -2.08. The van der Waals surface area contributed by atoms with E-state index in [0.29, 0.717) is 6.61 Å². The first-order chi connectivity index (χ1) is 8.12. The third-order valence-corrected chi connectivity index (χ3v) is 1.15. The Kier molecular flexibility index (Phi) is 15.2. The van der Waals surface area contributed by atoms with Crippen LogP contribution in [0.15, 0.2) is 0 Å². The molecule has 0 saturated carbocycles. The van der Waals surface area contributed by atoms with Crippen molar-refractivity contribution in [2.24, 2.45) is 0 Å². The SMILES string of the molecule is COC(=O)OCCO.COCCOC(=O)OC. The molecule has 0 aliphatic carbocycles. The van der Waals surface area contributed by atoms with Crippen molar-refractivity contribution in [1.82, 2.24) is 0 Å². The summed E-state index contributed by atoms with van der Waals surface area (Å²) in [6, 6.07) is 0. The molecule has 8 heteroatoms. The van der Waals surface area contributed by atoms with Gasteiger partial charge in [0.1, 0.15) is 13.2 Å². The summed E-state index contributed by atoms with van der Waals surface area (Å²) in [6.07, 6.45) is -1.44. The van der Waals surface area contributed by atoms with Crippen LogP contribution < -0.4 is 0 Å². The van der Waals surface area contributed by atoms with Gasteiger partial charge in [0, 0.05) is 7.11 Å². The summed E-state index contributed by atoms with van der Waals surface area (Å²) in [5, 5.41) is 8.08. The minimum absolute atomic E-state index is 0.00727. The van der Waals surface area contributed by atoms with Gasteiger partial charge in [-0.1, -0.05) is 0 Å². The van der Waals surface area contributed by atoms with Crippen LogP contribution in [0.3, 0.4) is 0 Å². The molecule has 17 heavy (non-hydrogen) atoms. The van der Waals surface area contributed by atoms with E-state index in [-0.39, 0.29) is 19.8 Å². The van der Waals surface area contributed by atoms with Crippen LogP contribution >= 0.6 is 0 Å². The van der Waals surface area contributed by atoms with Crippen molar-refractivity contribution in [2.75, 3.05) is 47.8 Å². The first-order valence-electron chi connectivity index (χ1n) is 4.63. The standard InChI is InChI=1S/C5H10O4.C4H8O4/c1-7-3-4-9-5(6)8-2;1-7-4(6)8-3-2-5/h3-4H2,1-2H3;5H,2-3H2,1H3. The second-order valence-corrected chi connectivity index (χ2v) is 2.32. The first kappa shape index (κ1) is 17.8. The molecule has 0 atom stereocenters. The summed E-state index contributed by atoms with van der Waals surface area (Å²) in [4.78, 5) is 20.2. The molecule has 0 aliphatic rings. The van der Waals surface area contributed by atoms with Gasteiger partial charge in [-0.05, 0) is 0 Å². The second-order valence-electron chi connectivity index (χ2n) is 2.32. The number of hydrogen-bond donors (Lipinski definition) is 1. The number of rotatable bonds is 5. The van der Waals surface area contributed by atoms with Crippen LogP contribution in [-0.2, 0) is 23.7 Å². The van der Waals surface area contributed by atoms with E-state index in [1.54, 1.807) is 0 Å². The Morgan fingerprint density at radius 3 is 1.71 bits per heavy atom. The summed E-state index contributed by atoms with van der Waals surface area (Å²) in [5.74, 6) is 0. The second kappa shape index (κ2) is 14.5. The highest BCUT2D eigenvalue weighted by Crippen LogP contribution is 1.80. The maximum absolute atomic E-state index is 10.2. The fourth-order valence-electron chi connectivity index (χ4n) is 0.455. The number of hydrogen-bond acceptors (Lipinski definition) is 8. The lowest BCUT2D eigenvalue weighted by molar-refractivity contribution is 0.0496. The average Bonchev–Trinajstić information content (AvgIpc) is 2.36. The molecule has 0 fully saturated rings. The Morgan fingerprint density at radius 1 is 0.882 bits per heavy atom. The summed E-state index contributed by atoms with van der Waals surface area (Å²) < 4.78 is 21.5. The monoisotopic (exact) mass is 254 g/mol. The molecular formula is C9H18O8. The van der Waals surface area contributed by atoms with Crippen LogP contribution in [0.25, 0.3) is 0 Å². The summed E-state index contributed by atoms with van der Waals surface area (Å²) in [6.45, 7) is 0.458. The molecule has 0 bridgehead atoms. The molecule has 0 rings (SSSR count). The maximum Gasteiger partial charge on any atom is 0.508 e. The third-order valence-electron chi connectivity index (χ3n) is 1.15. The zero-order valence-corrected chi connectivity index (χ0v) is 10.1. The van der Waals surface area contributed by atoms with Gasteiger partial charge in [0.2, 0.25) is 0 Å². The van der Waals surface area contributed by atoms with E-state index < -0.39 is 12.3 Å². The highest BCUT2D eigenvalue weighted by molar-refractivity contribution is 5.59. The van der Waals surface area contributed by atoms with Gasteiger partial charge in [-0.2, -0.15) is 0 Å². The van der Waals surface area contributed by atoms with E-state index in [4.69, 9.17) is 5.11 Å². The minimum atomic E-state index is -0.765. The Bertz CT molecular complexity index is 193. The highest BCUT2D eigenvalue weighted by atomic mass is 16.7. The lowest BCUT2D eigenvalue weighted by Gasteiger charge is -1.99. The van der Waals surface area contributed by atoms with Crippen LogP contribution in [0.4, 0.5) is 9.59 Å². The van der Waals surface area contributed by atoms with E-state index in [2.05, 4.69) is 23.7 Å². The Morgan fingerprint density at radius 2 is 1.35 bits per heavy atom. The fraction of sp³-hybridized carbons (Fsp3) is 0.778. The van der Waals surface area contributed by atoms with Gasteiger partial charge in [0.05, 0.1) is 27.4 Å². The quantitative estimate of drug-likeness (QED) is 0.547. The number of carbonyl (C=O) groups is 2. The van der Waals surface area contributed by atoms with Gasteiger partial charge >= 0.3 is 12.3 Å². The summed E-state index contributed by atoms with van der Waals surface area (Å²) in [5.41, 5.74) is 0. The molecule has 0 unspecified atom stereocenters. The number of ether oxygens (including phenoxy) is 5. The van der Waals surface area contributed by atoms with Crippen molar-refractivity contribution in [3.05, 3.63) is 0 Å². The largest absolute Gasteiger partial charge is 0.508 e. The van der Waals surface area contributed by atoms with Gasteiger partial charge < -0.3 is 28.8 Å². The van der Waals surface area contributed by atoms with Crippen molar-refractivity contribution in [1.29, 1.82) is 0 Å². The van der Waals surface area contributed by atoms with Crippen molar-refractivity contribution >= 4 is 12.3 Å². The van der Waals surface area contributed by atoms with Crippen LogP contribution in [0.1, 0.15) is 0 Å². The molecular weight excluding hydrogens is 236 g/mol. The average molecular weight is 254 g/mol. The molecule has 0 spiro atoms. The van der Waals surface area contributed by atoms with E-state index in [0.717, 1.165) is 0 Å². The van der Waals surface area contributed by atoms with E-state index >= 15 is 0 Å². The molecule has 0 heterocycles. The topological polar surface area (TPSA) is 101 Å². The Labute approximate surface area is 99.3 Å². The smallest absolute Gasteiger partial charge is 0.438 e. The molecule has 0 aliphatic heterocycles. The Balaban J connectivity index is 0. The third kappa shape index (κ3) is 17.1. The Hall–Kier alpha value is -1.54. The molecule has 0 amide bonds. The fourth-order valence-corrected chi connectivity index (χ4v) is 0.455. The van der Waals surface area contributed by atoms with Crippen LogP contribution in [0, 0.1) is 0 Å². The molecule has 0 radical (unpaired) electrons. The van der Waals surface area contributed by atoms with Gasteiger partial charge in [-0.25, -0.2) is 9.59 Å². The highest BCUT2D eigenvalue weighted by Gasteiger charge is 1.96. The number of carbonyl (C=O) groups excluding carboxylic acids is 2. The first-order valence-corrected chi connectivity index (χ1v) is 4.63. The molecule has 0 saturated heterocycles. The normalized spacial score (nSPS) is 8.47. The number of aliphatic hydroxyl groups is 1. The lowest BCUT2D eigenvalue weighted by atomic mass is 10.8. The molecule has 8 nitrogen and oxygen atoms in total.